The molecule has 5 nitrogen and oxygen atoms in total. The number of benzene rings is 3. The number of rotatable bonds is 5. The van der Waals surface area contributed by atoms with Crippen LogP contribution in [0.4, 0.5) is 0 Å². The maximum absolute atomic E-state index is 13.1. The van der Waals surface area contributed by atoms with Crippen molar-refractivity contribution >= 4 is 49.3 Å². The summed E-state index contributed by atoms with van der Waals surface area (Å²) < 4.78 is 14.9. The fourth-order valence-corrected chi connectivity index (χ4v) is 4.69. The fourth-order valence-electron chi connectivity index (χ4n) is 3.45. The van der Waals surface area contributed by atoms with Crippen LogP contribution >= 0.6 is 27.3 Å². The fraction of sp³-hybridized carbons (Fsp3) is 0.0833. The van der Waals surface area contributed by atoms with Crippen molar-refractivity contribution < 1.29 is 9.47 Å². The quantitative estimate of drug-likeness (QED) is 0.353. The minimum absolute atomic E-state index is 0.0876. The van der Waals surface area contributed by atoms with Gasteiger partial charge in [0.15, 0.2) is 16.5 Å². The third kappa shape index (κ3) is 3.71. The van der Waals surface area contributed by atoms with Crippen molar-refractivity contribution in [3.05, 3.63) is 97.2 Å². The minimum Gasteiger partial charge on any atom is -0.493 e. The summed E-state index contributed by atoms with van der Waals surface area (Å²) in [5.74, 6) is 1.22. The Balaban J connectivity index is 1.58. The zero-order chi connectivity index (χ0) is 21.4. The van der Waals surface area contributed by atoms with Gasteiger partial charge < -0.3 is 9.47 Å². The van der Waals surface area contributed by atoms with Gasteiger partial charge in [-0.3, -0.25) is 4.79 Å². The summed E-state index contributed by atoms with van der Waals surface area (Å²) in [6.45, 7) is 0.386. The Hall–Kier alpha value is -3.16. The molecular formula is C24H17BrN2O3S. The summed E-state index contributed by atoms with van der Waals surface area (Å²) in [5, 5.41) is 0. The first-order chi connectivity index (χ1) is 15.1. The van der Waals surface area contributed by atoms with Gasteiger partial charge in [-0.15, -0.1) is 0 Å². The molecule has 3 aromatic carbocycles. The van der Waals surface area contributed by atoms with Crippen molar-refractivity contribution in [1.82, 2.24) is 9.38 Å². The zero-order valence-electron chi connectivity index (χ0n) is 16.5. The van der Waals surface area contributed by atoms with Crippen LogP contribution in [0.15, 0.2) is 76.0 Å². The summed E-state index contributed by atoms with van der Waals surface area (Å²) >= 11 is 4.81. The van der Waals surface area contributed by atoms with Crippen LogP contribution in [0.5, 0.6) is 11.5 Å². The van der Waals surface area contributed by atoms with Gasteiger partial charge in [0, 0.05) is 10.0 Å². The molecule has 154 valence electrons. The lowest BCUT2D eigenvalue weighted by atomic mass is 10.1. The van der Waals surface area contributed by atoms with E-state index in [9.17, 15) is 4.79 Å². The summed E-state index contributed by atoms with van der Waals surface area (Å²) in [5.41, 5.74) is 3.36. The number of methoxy groups -OCH3 is 1. The molecule has 0 amide bonds. The van der Waals surface area contributed by atoms with Crippen LogP contribution in [0, 0.1) is 0 Å². The number of nitrogens with zero attached hydrogens (tertiary/aromatic N) is 2. The number of hydrogen-bond acceptors (Lipinski definition) is 5. The second-order valence-electron chi connectivity index (χ2n) is 6.93. The third-order valence-corrected chi connectivity index (χ3v) is 6.45. The molecule has 7 heteroatoms. The number of imidazole rings is 1. The number of thiazole rings is 1. The van der Waals surface area contributed by atoms with Gasteiger partial charge >= 0.3 is 0 Å². The van der Waals surface area contributed by atoms with E-state index in [1.165, 1.54) is 11.3 Å². The topological polar surface area (TPSA) is 52.8 Å². The summed E-state index contributed by atoms with van der Waals surface area (Å²) in [7, 11) is 1.61. The van der Waals surface area contributed by atoms with Crippen LogP contribution < -0.4 is 19.6 Å². The standard InChI is InChI=1S/C24H17BrN2O3S/c1-29-20-8-4-5-16(22(20)30-14-15-9-11-17(25)12-10-15)13-21-23(28)27-19-7-3-2-6-18(19)26-24(27)31-21/h2-13H,14H2,1H3. The van der Waals surface area contributed by atoms with E-state index in [1.54, 1.807) is 11.5 Å². The smallest absolute Gasteiger partial charge is 0.274 e. The second kappa shape index (κ2) is 8.17. The lowest BCUT2D eigenvalue weighted by molar-refractivity contribution is 0.284. The highest BCUT2D eigenvalue weighted by molar-refractivity contribution is 9.10. The molecular weight excluding hydrogens is 476 g/mol. The average molecular weight is 493 g/mol. The molecule has 0 unspecified atom stereocenters. The van der Waals surface area contributed by atoms with Crippen LogP contribution in [0.1, 0.15) is 11.1 Å². The molecule has 0 aliphatic rings. The molecule has 0 spiro atoms. The van der Waals surface area contributed by atoms with Crippen LogP contribution in [0.25, 0.3) is 22.1 Å². The molecule has 0 aliphatic carbocycles. The number of ether oxygens (including phenoxy) is 2. The van der Waals surface area contributed by atoms with Gasteiger partial charge in [0.05, 0.1) is 22.7 Å². The van der Waals surface area contributed by atoms with Crippen molar-refractivity contribution in [2.45, 2.75) is 6.61 Å². The van der Waals surface area contributed by atoms with Crippen molar-refractivity contribution in [2.24, 2.45) is 0 Å². The van der Waals surface area contributed by atoms with E-state index < -0.39 is 0 Å². The largest absolute Gasteiger partial charge is 0.493 e. The monoisotopic (exact) mass is 492 g/mol. The van der Waals surface area contributed by atoms with Crippen molar-refractivity contribution in [3.8, 4) is 11.5 Å². The van der Waals surface area contributed by atoms with Gasteiger partial charge in [0.2, 0.25) is 0 Å². The molecule has 0 radical (unpaired) electrons. The molecule has 2 aromatic heterocycles. The predicted molar refractivity (Wildman–Crippen MR) is 127 cm³/mol. The Bertz CT molecular complexity index is 1510. The van der Waals surface area contributed by atoms with Crippen molar-refractivity contribution in [3.63, 3.8) is 0 Å². The molecule has 5 rings (SSSR count). The molecule has 0 fully saturated rings. The first-order valence-corrected chi connectivity index (χ1v) is 11.2. The molecule has 31 heavy (non-hydrogen) atoms. The minimum atomic E-state index is -0.0876. The summed E-state index contributed by atoms with van der Waals surface area (Å²) in [4.78, 5) is 18.4. The molecule has 0 atom stereocenters. The van der Waals surface area contributed by atoms with Gasteiger partial charge in [-0.2, -0.15) is 0 Å². The highest BCUT2D eigenvalue weighted by Gasteiger charge is 2.13. The molecule has 0 N–H and O–H groups in total. The number of aromatic nitrogens is 2. The van der Waals surface area contributed by atoms with Gasteiger partial charge in [0.25, 0.3) is 5.56 Å². The lowest BCUT2D eigenvalue weighted by Gasteiger charge is -2.13. The van der Waals surface area contributed by atoms with E-state index in [0.29, 0.717) is 27.6 Å². The van der Waals surface area contributed by atoms with E-state index in [4.69, 9.17) is 9.47 Å². The van der Waals surface area contributed by atoms with Crippen LogP contribution in [0.3, 0.4) is 0 Å². The Morgan fingerprint density at radius 3 is 2.68 bits per heavy atom. The molecule has 0 saturated heterocycles. The third-order valence-electron chi connectivity index (χ3n) is 4.96. The summed E-state index contributed by atoms with van der Waals surface area (Å²) in [6, 6.07) is 21.2. The van der Waals surface area contributed by atoms with E-state index in [-0.39, 0.29) is 5.56 Å². The van der Waals surface area contributed by atoms with Crippen molar-refractivity contribution in [1.29, 1.82) is 0 Å². The number of para-hydroxylation sites is 3. The molecule has 0 aliphatic heterocycles. The van der Waals surface area contributed by atoms with Gasteiger partial charge in [0.1, 0.15) is 6.61 Å². The highest BCUT2D eigenvalue weighted by atomic mass is 79.9. The lowest BCUT2D eigenvalue weighted by Crippen LogP contribution is -2.22. The van der Waals surface area contributed by atoms with E-state index in [0.717, 1.165) is 26.6 Å². The normalized spacial score (nSPS) is 12.0. The zero-order valence-corrected chi connectivity index (χ0v) is 18.9. The Labute approximate surface area is 190 Å². The molecule has 5 aromatic rings. The second-order valence-corrected chi connectivity index (χ2v) is 8.85. The summed E-state index contributed by atoms with van der Waals surface area (Å²) in [6.07, 6.45) is 1.84. The van der Waals surface area contributed by atoms with Gasteiger partial charge in [-0.25, -0.2) is 9.38 Å². The molecule has 2 heterocycles. The SMILES string of the molecule is COc1cccc(C=c2sc3nc4ccccc4n3c2=O)c1OCc1ccc(Br)cc1. The van der Waals surface area contributed by atoms with Gasteiger partial charge in [-0.1, -0.05) is 63.7 Å². The highest BCUT2D eigenvalue weighted by Crippen LogP contribution is 2.32. The first-order valence-electron chi connectivity index (χ1n) is 9.60. The van der Waals surface area contributed by atoms with Crippen LogP contribution in [-0.4, -0.2) is 16.5 Å². The molecule has 0 bridgehead atoms. The van der Waals surface area contributed by atoms with Crippen LogP contribution in [-0.2, 0) is 6.61 Å². The first kappa shape index (κ1) is 19.8. The Morgan fingerprint density at radius 1 is 1.06 bits per heavy atom. The number of halogens is 1. The Kier molecular flexibility index (Phi) is 5.21. The molecule has 0 saturated carbocycles. The predicted octanol–water partition coefficient (Wildman–Crippen LogP) is 4.81. The average Bonchev–Trinajstić information content (AvgIpc) is 3.30. The number of fused-ring (bicyclic) bond motifs is 3. The van der Waals surface area contributed by atoms with E-state index in [2.05, 4.69) is 20.9 Å². The van der Waals surface area contributed by atoms with Crippen molar-refractivity contribution in [2.75, 3.05) is 7.11 Å². The Morgan fingerprint density at radius 2 is 1.87 bits per heavy atom. The van der Waals surface area contributed by atoms with E-state index in [1.807, 2.05) is 72.8 Å². The van der Waals surface area contributed by atoms with E-state index >= 15 is 0 Å². The van der Waals surface area contributed by atoms with Crippen LogP contribution in [0.2, 0.25) is 0 Å². The number of hydrogen-bond donors (Lipinski definition) is 0. The maximum Gasteiger partial charge on any atom is 0.274 e. The van der Waals surface area contributed by atoms with Gasteiger partial charge in [-0.05, 0) is 42.0 Å². The maximum atomic E-state index is 13.1.